The minimum atomic E-state index is -4.31. The highest BCUT2D eigenvalue weighted by Gasteiger charge is 2.44. The number of sulfonamides is 1. The molecule has 1 atom stereocenters. The molecular formula is C22H25F3N6O2S2. The molecule has 2 aliphatic rings. The number of primary sulfonamides is 1. The number of benzene rings is 1. The van der Waals surface area contributed by atoms with Crippen LogP contribution in [0.1, 0.15) is 29.0 Å². The molecule has 5 rings (SSSR count). The Morgan fingerprint density at radius 1 is 1.06 bits per heavy atom. The van der Waals surface area contributed by atoms with Crippen LogP contribution in [0.15, 0.2) is 30.6 Å². The van der Waals surface area contributed by atoms with Crippen LogP contribution in [0.25, 0.3) is 10.3 Å². The van der Waals surface area contributed by atoms with Gasteiger partial charge in [0.15, 0.2) is 5.82 Å². The molecule has 0 amide bonds. The van der Waals surface area contributed by atoms with Gasteiger partial charge in [-0.05, 0) is 30.5 Å². The number of hydrogen-bond acceptors (Lipinski definition) is 8. The number of nitrogens with zero attached hydrogens (tertiary/aromatic N) is 5. The Morgan fingerprint density at radius 3 is 2.49 bits per heavy atom. The van der Waals surface area contributed by atoms with Crippen molar-refractivity contribution >= 4 is 37.5 Å². The van der Waals surface area contributed by atoms with Crippen molar-refractivity contribution in [2.75, 3.05) is 31.1 Å². The lowest BCUT2D eigenvalue weighted by atomic mass is 9.86. The number of anilines is 1. The number of thiazole rings is 1. The smallest absolute Gasteiger partial charge is 0.354 e. The van der Waals surface area contributed by atoms with Crippen LogP contribution in [0, 0.1) is 5.41 Å². The second kappa shape index (κ2) is 8.95. The van der Waals surface area contributed by atoms with Crippen LogP contribution in [0.2, 0.25) is 0 Å². The fraction of sp³-hybridized carbons (Fsp3) is 0.500. The van der Waals surface area contributed by atoms with Crippen LogP contribution in [-0.2, 0) is 28.7 Å². The SMILES string of the molecule is NS(=O)(=O)Cc1ccc(CN2CC[C@@]3(CCN(c4ncnc5sc(CC(F)(F)F)nc45)C3)C2)cc1. The molecule has 2 aromatic heterocycles. The molecule has 0 unspecified atom stereocenters. The van der Waals surface area contributed by atoms with Gasteiger partial charge in [-0.1, -0.05) is 35.6 Å². The predicted octanol–water partition coefficient (Wildman–Crippen LogP) is 3.08. The third kappa shape index (κ3) is 5.74. The van der Waals surface area contributed by atoms with E-state index in [1.807, 2.05) is 12.1 Å². The Balaban J connectivity index is 1.25. The Kier molecular flexibility index (Phi) is 6.22. The zero-order valence-corrected chi connectivity index (χ0v) is 20.5. The maximum absolute atomic E-state index is 12.8. The normalized spacial score (nSPS) is 21.5. The van der Waals surface area contributed by atoms with E-state index in [0.717, 1.165) is 62.5 Å². The number of hydrogen-bond donors (Lipinski definition) is 1. The number of fused-ring (bicyclic) bond motifs is 1. The van der Waals surface area contributed by atoms with Crippen molar-refractivity contribution in [2.24, 2.45) is 10.6 Å². The quantitative estimate of drug-likeness (QED) is 0.526. The van der Waals surface area contributed by atoms with Crippen LogP contribution in [0.5, 0.6) is 0 Å². The molecule has 0 saturated carbocycles. The third-order valence-corrected chi connectivity index (χ3v) is 8.32. The lowest BCUT2D eigenvalue weighted by Crippen LogP contribution is -2.31. The van der Waals surface area contributed by atoms with Crippen LogP contribution in [0.3, 0.4) is 0 Å². The standard InChI is InChI=1S/C22H25F3N6O2S2/c23-22(24,25)9-17-29-18-19(27-14-28-20(18)34-17)31-8-6-21(13-31)5-7-30(12-21)10-15-1-3-16(4-2-15)11-35(26,32)33/h1-4,14H,5-13H2,(H2,26,32,33)/t21-/m1/s1. The molecule has 3 aromatic rings. The lowest BCUT2D eigenvalue weighted by Gasteiger charge is -2.25. The van der Waals surface area contributed by atoms with Gasteiger partial charge in [0, 0.05) is 31.6 Å². The molecule has 13 heteroatoms. The van der Waals surface area contributed by atoms with E-state index in [2.05, 4.69) is 24.8 Å². The highest BCUT2D eigenvalue weighted by atomic mass is 32.2. The molecule has 1 aromatic carbocycles. The number of halogens is 3. The Labute approximate surface area is 205 Å². The van der Waals surface area contributed by atoms with Gasteiger partial charge in [-0.15, -0.1) is 0 Å². The first kappa shape index (κ1) is 24.3. The first-order valence-corrected chi connectivity index (χ1v) is 13.7. The average Bonchev–Trinajstić information content (AvgIpc) is 3.45. The van der Waals surface area contributed by atoms with Gasteiger partial charge < -0.3 is 4.90 Å². The van der Waals surface area contributed by atoms with Crippen molar-refractivity contribution in [1.29, 1.82) is 0 Å². The average molecular weight is 527 g/mol. The molecule has 2 aliphatic heterocycles. The van der Waals surface area contributed by atoms with Crippen LogP contribution in [-0.4, -0.2) is 60.6 Å². The monoisotopic (exact) mass is 526 g/mol. The molecule has 0 aliphatic carbocycles. The summed E-state index contributed by atoms with van der Waals surface area (Å²) in [6, 6.07) is 7.46. The molecule has 2 N–H and O–H groups in total. The molecule has 2 saturated heterocycles. The van der Waals surface area contributed by atoms with Gasteiger partial charge in [0.05, 0.1) is 12.2 Å². The topological polar surface area (TPSA) is 105 Å². The van der Waals surface area contributed by atoms with Gasteiger partial charge in [0.25, 0.3) is 0 Å². The second-order valence-electron chi connectivity index (χ2n) is 9.51. The van der Waals surface area contributed by atoms with Crippen molar-refractivity contribution in [2.45, 2.75) is 37.7 Å². The van der Waals surface area contributed by atoms with Gasteiger partial charge in [-0.2, -0.15) is 13.2 Å². The predicted molar refractivity (Wildman–Crippen MR) is 127 cm³/mol. The van der Waals surface area contributed by atoms with E-state index in [-0.39, 0.29) is 16.2 Å². The number of nitrogens with two attached hydrogens (primary N) is 1. The summed E-state index contributed by atoms with van der Waals surface area (Å²) in [6.45, 7) is 4.16. The molecule has 4 heterocycles. The largest absolute Gasteiger partial charge is 0.395 e. The molecule has 0 bridgehead atoms. The molecule has 0 radical (unpaired) electrons. The second-order valence-corrected chi connectivity index (χ2v) is 12.2. The summed E-state index contributed by atoms with van der Waals surface area (Å²) in [5.74, 6) is 0.434. The van der Waals surface area contributed by atoms with E-state index in [1.165, 1.54) is 6.33 Å². The van der Waals surface area contributed by atoms with E-state index >= 15 is 0 Å². The van der Waals surface area contributed by atoms with Crippen LogP contribution >= 0.6 is 11.3 Å². The summed E-state index contributed by atoms with van der Waals surface area (Å²) < 4.78 is 61.1. The first-order chi connectivity index (χ1) is 16.5. The van der Waals surface area contributed by atoms with Gasteiger partial charge in [0.1, 0.15) is 21.7 Å². The summed E-state index contributed by atoms with van der Waals surface area (Å²) in [4.78, 5) is 17.8. The van der Waals surface area contributed by atoms with Gasteiger partial charge in [-0.25, -0.2) is 28.5 Å². The maximum Gasteiger partial charge on any atom is 0.395 e. The highest BCUT2D eigenvalue weighted by molar-refractivity contribution is 7.88. The van der Waals surface area contributed by atoms with Crippen molar-refractivity contribution in [3.05, 3.63) is 46.7 Å². The van der Waals surface area contributed by atoms with Crippen molar-refractivity contribution < 1.29 is 21.6 Å². The summed E-state index contributed by atoms with van der Waals surface area (Å²) in [6.07, 6.45) is -1.97. The van der Waals surface area contributed by atoms with E-state index in [1.54, 1.807) is 12.1 Å². The van der Waals surface area contributed by atoms with Gasteiger partial charge in [0.2, 0.25) is 10.0 Å². The maximum atomic E-state index is 12.8. The molecule has 8 nitrogen and oxygen atoms in total. The number of likely N-dealkylation sites (tertiary alicyclic amines) is 1. The Bertz CT molecular complexity index is 1330. The Morgan fingerprint density at radius 2 is 1.77 bits per heavy atom. The van der Waals surface area contributed by atoms with Crippen molar-refractivity contribution in [1.82, 2.24) is 19.9 Å². The fourth-order valence-corrected chi connectivity index (χ4v) is 6.69. The highest BCUT2D eigenvalue weighted by Crippen LogP contribution is 2.42. The summed E-state index contributed by atoms with van der Waals surface area (Å²) >= 11 is 0.969. The van der Waals surface area contributed by atoms with E-state index in [4.69, 9.17) is 5.14 Å². The van der Waals surface area contributed by atoms with Crippen molar-refractivity contribution in [3.8, 4) is 0 Å². The van der Waals surface area contributed by atoms with Crippen molar-refractivity contribution in [3.63, 3.8) is 0 Å². The van der Waals surface area contributed by atoms with Crippen LogP contribution < -0.4 is 10.0 Å². The van der Waals surface area contributed by atoms with Crippen LogP contribution in [0.4, 0.5) is 19.0 Å². The molecule has 1 spiro atoms. The van der Waals surface area contributed by atoms with Gasteiger partial charge >= 0.3 is 6.18 Å². The molecule has 188 valence electrons. The zero-order valence-electron chi connectivity index (χ0n) is 18.8. The lowest BCUT2D eigenvalue weighted by molar-refractivity contribution is -0.127. The van der Waals surface area contributed by atoms with Gasteiger partial charge in [-0.3, -0.25) is 4.90 Å². The number of aromatic nitrogens is 3. The van der Waals surface area contributed by atoms with E-state index in [0.29, 0.717) is 21.7 Å². The molecular weight excluding hydrogens is 501 g/mol. The Hall–Kier alpha value is -2.35. The molecule has 35 heavy (non-hydrogen) atoms. The minimum Gasteiger partial charge on any atom is -0.354 e. The number of rotatable bonds is 6. The molecule has 2 fully saturated rings. The summed E-state index contributed by atoms with van der Waals surface area (Å²) in [5.41, 5.74) is 2.31. The zero-order chi connectivity index (χ0) is 24.8. The van der Waals surface area contributed by atoms with E-state index < -0.39 is 22.6 Å². The summed E-state index contributed by atoms with van der Waals surface area (Å²) in [5, 5.41) is 5.12. The third-order valence-electron chi connectivity index (χ3n) is 6.62. The fourth-order valence-electron chi connectivity index (χ4n) is 5.11. The summed E-state index contributed by atoms with van der Waals surface area (Å²) in [7, 11) is -3.55. The van der Waals surface area contributed by atoms with E-state index in [9.17, 15) is 21.6 Å². The first-order valence-electron chi connectivity index (χ1n) is 11.2. The number of alkyl halides is 3. The minimum absolute atomic E-state index is 0.00489.